The first-order valence-electron chi connectivity index (χ1n) is 8.03. The Morgan fingerprint density at radius 3 is 2.56 bits per heavy atom. The van der Waals surface area contributed by atoms with Gasteiger partial charge in [0.1, 0.15) is 5.82 Å². The molecule has 1 aromatic carbocycles. The second-order valence-corrected chi connectivity index (χ2v) is 6.09. The number of hydrogen-bond donors (Lipinski definition) is 1. The molecule has 6 nitrogen and oxygen atoms in total. The van der Waals surface area contributed by atoms with Gasteiger partial charge in [-0.15, -0.1) is 0 Å². The van der Waals surface area contributed by atoms with Crippen LogP contribution in [0.3, 0.4) is 0 Å². The molecule has 9 heteroatoms. The maximum atomic E-state index is 12.8. The van der Waals surface area contributed by atoms with Gasteiger partial charge >= 0.3 is 6.18 Å². The van der Waals surface area contributed by atoms with E-state index in [1.54, 1.807) is 47.7 Å². The number of fused-ring (bicyclic) bond motifs is 3. The van der Waals surface area contributed by atoms with Crippen molar-refractivity contribution in [1.29, 1.82) is 0 Å². The van der Waals surface area contributed by atoms with Gasteiger partial charge in [0.15, 0.2) is 5.65 Å². The monoisotopic (exact) mass is 373 g/mol. The van der Waals surface area contributed by atoms with Crippen molar-refractivity contribution >= 4 is 27.8 Å². The fourth-order valence-corrected chi connectivity index (χ4v) is 3.10. The van der Waals surface area contributed by atoms with Gasteiger partial charge in [-0.1, -0.05) is 0 Å². The summed E-state index contributed by atoms with van der Waals surface area (Å²) < 4.78 is 41.8. The molecule has 0 saturated carbocycles. The number of alkyl halides is 3. The van der Waals surface area contributed by atoms with E-state index in [-0.39, 0.29) is 5.91 Å². The molecule has 0 fully saturated rings. The molecule has 1 N–H and O–H groups in total. The highest BCUT2D eigenvalue weighted by Gasteiger charge is 2.31. The fourth-order valence-electron chi connectivity index (χ4n) is 3.10. The topological polar surface area (TPSA) is 64.7 Å². The van der Waals surface area contributed by atoms with E-state index in [1.165, 1.54) is 6.07 Å². The number of amides is 1. The van der Waals surface area contributed by atoms with Gasteiger partial charge in [0.05, 0.1) is 11.1 Å². The molecule has 27 heavy (non-hydrogen) atoms. The van der Waals surface area contributed by atoms with Crippen molar-refractivity contribution in [3.05, 3.63) is 53.9 Å². The van der Waals surface area contributed by atoms with E-state index in [0.717, 1.165) is 23.0 Å². The molecule has 0 unspecified atom stereocenters. The minimum absolute atomic E-state index is 0.227. The zero-order chi connectivity index (χ0) is 19.3. The number of aromatic nitrogens is 4. The van der Waals surface area contributed by atoms with Gasteiger partial charge in [-0.05, 0) is 30.3 Å². The molecule has 4 rings (SSSR count). The molecule has 0 spiro atoms. The van der Waals surface area contributed by atoms with Crippen LogP contribution in [0, 0.1) is 0 Å². The van der Waals surface area contributed by atoms with Crippen LogP contribution in [0.2, 0.25) is 0 Å². The second-order valence-electron chi connectivity index (χ2n) is 6.09. The third-order valence-electron chi connectivity index (χ3n) is 4.34. The van der Waals surface area contributed by atoms with Crippen molar-refractivity contribution in [2.75, 3.05) is 7.05 Å². The zero-order valence-corrected chi connectivity index (χ0v) is 14.4. The molecule has 4 aromatic rings. The van der Waals surface area contributed by atoms with Gasteiger partial charge in [0.25, 0.3) is 5.91 Å². The Bertz CT molecular complexity index is 1170. The second kappa shape index (κ2) is 5.83. The summed E-state index contributed by atoms with van der Waals surface area (Å²) in [6.45, 7) is 0. The van der Waals surface area contributed by atoms with Crippen LogP contribution in [-0.2, 0) is 13.2 Å². The summed E-state index contributed by atoms with van der Waals surface area (Å²) in [5.74, 6) is 0.0868. The Kier molecular flexibility index (Phi) is 3.69. The zero-order valence-electron chi connectivity index (χ0n) is 14.4. The molecule has 0 aliphatic heterocycles. The summed E-state index contributed by atoms with van der Waals surface area (Å²) >= 11 is 0. The minimum atomic E-state index is -4.45. The Balaban J connectivity index is 1.97. The summed E-state index contributed by atoms with van der Waals surface area (Å²) in [4.78, 5) is 15.9. The van der Waals surface area contributed by atoms with Crippen LogP contribution in [0.1, 0.15) is 15.9 Å². The molecular formula is C18H14F3N5O. The van der Waals surface area contributed by atoms with Gasteiger partial charge in [-0.2, -0.15) is 18.3 Å². The standard InChI is InChI=1S/C18H14F3N5O/c1-22-17(27)10-3-5-14-12(7-10)13-9-25(2)24-16(13)26(14)15-6-4-11(8-23-15)18(19,20)21/h3-9H,1-2H3,(H,22,27). The van der Waals surface area contributed by atoms with E-state index >= 15 is 0 Å². The van der Waals surface area contributed by atoms with Crippen LogP contribution < -0.4 is 5.32 Å². The quantitative estimate of drug-likeness (QED) is 0.586. The molecule has 0 aliphatic carbocycles. The number of benzene rings is 1. The first-order valence-corrected chi connectivity index (χ1v) is 8.03. The summed E-state index contributed by atoms with van der Waals surface area (Å²) in [5, 5.41) is 8.52. The summed E-state index contributed by atoms with van der Waals surface area (Å²) in [6.07, 6.45) is -1.85. The molecule has 3 aromatic heterocycles. The van der Waals surface area contributed by atoms with E-state index in [1.807, 2.05) is 0 Å². The number of nitrogens with zero attached hydrogens (tertiary/aromatic N) is 4. The van der Waals surface area contributed by atoms with Crippen LogP contribution in [-0.4, -0.2) is 32.3 Å². The number of aryl methyl sites for hydroxylation is 1. The maximum Gasteiger partial charge on any atom is 0.417 e. The van der Waals surface area contributed by atoms with Crippen molar-refractivity contribution < 1.29 is 18.0 Å². The smallest absolute Gasteiger partial charge is 0.355 e. The molecule has 138 valence electrons. The minimum Gasteiger partial charge on any atom is -0.355 e. The Labute approximate surface area is 151 Å². The van der Waals surface area contributed by atoms with Gasteiger partial charge in [-0.25, -0.2) is 4.98 Å². The molecular weight excluding hydrogens is 359 g/mol. The first kappa shape index (κ1) is 17.1. The molecule has 0 saturated heterocycles. The Morgan fingerprint density at radius 2 is 1.93 bits per heavy atom. The number of pyridine rings is 1. The van der Waals surface area contributed by atoms with Crippen LogP contribution in [0.5, 0.6) is 0 Å². The van der Waals surface area contributed by atoms with Gasteiger partial charge in [0.2, 0.25) is 0 Å². The average molecular weight is 373 g/mol. The lowest BCUT2D eigenvalue weighted by molar-refractivity contribution is -0.137. The number of hydrogen-bond acceptors (Lipinski definition) is 3. The molecule has 0 bridgehead atoms. The highest BCUT2D eigenvalue weighted by Crippen LogP contribution is 2.33. The summed E-state index contributed by atoms with van der Waals surface area (Å²) in [6, 6.07) is 7.42. The van der Waals surface area contributed by atoms with Crippen LogP contribution >= 0.6 is 0 Å². The van der Waals surface area contributed by atoms with Crippen LogP contribution in [0.25, 0.3) is 27.8 Å². The number of carbonyl (C=O) groups excluding carboxylic acids is 1. The highest BCUT2D eigenvalue weighted by atomic mass is 19.4. The van der Waals surface area contributed by atoms with Crippen LogP contribution in [0.4, 0.5) is 13.2 Å². The highest BCUT2D eigenvalue weighted by molar-refractivity contribution is 6.10. The lowest BCUT2D eigenvalue weighted by atomic mass is 10.1. The number of rotatable bonds is 2. The molecule has 3 heterocycles. The first-order chi connectivity index (χ1) is 12.8. The Morgan fingerprint density at radius 1 is 1.15 bits per heavy atom. The van der Waals surface area contributed by atoms with Gasteiger partial charge in [-0.3, -0.25) is 14.0 Å². The maximum absolute atomic E-state index is 12.8. The lowest BCUT2D eigenvalue weighted by Crippen LogP contribution is -2.17. The van der Waals surface area contributed by atoms with Gasteiger partial charge < -0.3 is 5.32 Å². The van der Waals surface area contributed by atoms with Crippen LogP contribution in [0.15, 0.2) is 42.7 Å². The normalized spacial score (nSPS) is 12.0. The number of halogens is 3. The van der Waals surface area contributed by atoms with Crippen molar-refractivity contribution in [3.63, 3.8) is 0 Å². The Hall–Kier alpha value is -3.36. The predicted molar refractivity (Wildman–Crippen MR) is 93.7 cm³/mol. The van der Waals surface area contributed by atoms with E-state index in [2.05, 4.69) is 15.4 Å². The van der Waals surface area contributed by atoms with Gasteiger partial charge in [0, 0.05) is 42.8 Å². The summed E-state index contributed by atoms with van der Waals surface area (Å²) in [7, 11) is 3.29. The van der Waals surface area contributed by atoms with E-state index in [0.29, 0.717) is 22.5 Å². The summed E-state index contributed by atoms with van der Waals surface area (Å²) in [5.41, 5.74) is 0.914. The molecule has 0 radical (unpaired) electrons. The number of nitrogens with one attached hydrogen (secondary N) is 1. The number of carbonyl (C=O) groups is 1. The van der Waals surface area contributed by atoms with E-state index in [9.17, 15) is 18.0 Å². The lowest BCUT2D eigenvalue weighted by Gasteiger charge is -2.09. The van der Waals surface area contributed by atoms with Crippen molar-refractivity contribution in [1.82, 2.24) is 24.6 Å². The van der Waals surface area contributed by atoms with Crippen molar-refractivity contribution in [2.24, 2.45) is 7.05 Å². The van der Waals surface area contributed by atoms with E-state index < -0.39 is 11.7 Å². The molecule has 0 aliphatic rings. The third-order valence-corrected chi connectivity index (χ3v) is 4.34. The largest absolute Gasteiger partial charge is 0.417 e. The van der Waals surface area contributed by atoms with Crippen molar-refractivity contribution in [3.8, 4) is 5.82 Å². The van der Waals surface area contributed by atoms with Crippen molar-refractivity contribution in [2.45, 2.75) is 6.18 Å². The fraction of sp³-hybridized carbons (Fsp3) is 0.167. The average Bonchev–Trinajstić information content (AvgIpc) is 3.14. The molecule has 0 atom stereocenters. The SMILES string of the molecule is CNC(=O)c1ccc2c(c1)c1cn(C)nc1n2-c1ccc(C(F)(F)F)cn1. The predicted octanol–water partition coefficient (Wildman–Crippen LogP) is 3.29. The molecule has 1 amide bonds. The third kappa shape index (κ3) is 2.71. The van der Waals surface area contributed by atoms with E-state index in [4.69, 9.17) is 0 Å².